The van der Waals surface area contributed by atoms with Gasteiger partial charge in [0.25, 0.3) is 0 Å². The van der Waals surface area contributed by atoms with Crippen LogP contribution in [0.3, 0.4) is 0 Å². The molecule has 0 spiro atoms. The van der Waals surface area contributed by atoms with Crippen LogP contribution in [0.2, 0.25) is 0 Å². The molecule has 0 radical (unpaired) electrons. The first-order valence-corrected chi connectivity index (χ1v) is 8.61. The van der Waals surface area contributed by atoms with E-state index in [1.165, 1.54) is 38.5 Å². The molecular formula is C10H19ClZn. The third-order valence-electron chi connectivity index (χ3n) is 1.72. The van der Waals surface area contributed by atoms with Crippen molar-refractivity contribution in [3.8, 4) is 0 Å². The van der Waals surface area contributed by atoms with Crippen LogP contribution in [0.5, 0.6) is 0 Å². The molecule has 0 fully saturated rings. The standard InChI is InChI=1S/C10H19.ClH.Zn/c1-3-5-7-9-10-8-6-4-2;;/h1,3H,4-10H2,2H3;1H;/q-1;;+2/p-1. The number of hydrogen-bond donors (Lipinski definition) is 0. The zero-order chi connectivity index (χ0) is 9.66. The summed E-state index contributed by atoms with van der Waals surface area (Å²) in [5.41, 5.74) is 0. The monoisotopic (exact) mass is 238 g/mol. The molecule has 12 heavy (non-hydrogen) atoms. The van der Waals surface area contributed by atoms with E-state index in [2.05, 4.69) is 6.92 Å². The van der Waals surface area contributed by atoms with Crippen LogP contribution in [0.1, 0.15) is 51.9 Å². The van der Waals surface area contributed by atoms with Gasteiger partial charge in [-0.2, -0.15) is 0 Å². The van der Waals surface area contributed by atoms with E-state index in [0.29, 0.717) is 0 Å². The number of allylic oxidation sites excluding steroid dienone is 1. The second kappa shape index (κ2) is 17.7. The van der Waals surface area contributed by atoms with Crippen molar-refractivity contribution in [2.75, 3.05) is 0 Å². The van der Waals surface area contributed by atoms with Crippen LogP contribution in [-0.2, 0) is 17.3 Å². The van der Waals surface area contributed by atoms with Gasteiger partial charge in [-0.15, -0.1) is 0 Å². The summed E-state index contributed by atoms with van der Waals surface area (Å²) in [6, 6.07) is 0. The third-order valence-corrected chi connectivity index (χ3v) is 1.72. The van der Waals surface area contributed by atoms with Gasteiger partial charge in [0, 0.05) is 0 Å². The van der Waals surface area contributed by atoms with E-state index in [1.54, 1.807) is 6.08 Å². The molecule has 0 saturated heterocycles. The molecule has 0 aromatic heterocycles. The van der Waals surface area contributed by atoms with Crippen molar-refractivity contribution in [3.63, 3.8) is 0 Å². The van der Waals surface area contributed by atoms with Crippen molar-refractivity contribution < 1.29 is 17.3 Å². The first kappa shape index (κ1) is 15.1. The SMILES string of the molecule is [CH-]=CCCCCCCCC.[Cl][Zn+]. The molecule has 0 rings (SSSR count). The van der Waals surface area contributed by atoms with Crippen LogP contribution < -0.4 is 0 Å². The minimum absolute atomic E-state index is 0.847. The molecule has 0 heterocycles. The maximum absolute atomic E-state index is 5.24. The molecule has 0 aliphatic rings. The van der Waals surface area contributed by atoms with Gasteiger partial charge in [0.15, 0.2) is 0 Å². The topological polar surface area (TPSA) is 0 Å². The number of unbranched alkanes of at least 4 members (excludes halogenated alkanes) is 6. The van der Waals surface area contributed by atoms with E-state index in [1.807, 2.05) is 0 Å². The Morgan fingerprint density at radius 2 is 1.58 bits per heavy atom. The molecule has 0 nitrogen and oxygen atoms in total. The molecule has 0 atom stereocenters. The molecule has 0 aliphatic heterocycles. The average molecular weight is 240 g/mol. The molecule has 0 amide bonds. The number of hydrogen-bond acceptors (Lipinski definition) is 0. The van der Waals surface area contributed by atoms with Crippen LogP contribution in [-0.4, -0.2) is 0 Å². The molecule has 0 saturated carbocycles. The first-order valence-electron chi connectivity index (χ1n) is 4.72. The summed E-state index contributed by atoms with van der Waals surface area (Å²) in [7, 11) is 4.76. The Morgan fingerprint density at radius 1 is 1.08 bits per heavy atom. The van der Waals surface area contributed by atoms with Gasteiger partial charge >= 0.3 is 27.0 Å². The average Bonchev–Trinajstić information content (AvgIpc) is 2.15. The zero-order valence-corrected chi connectivity index (χ0v) is 11.9. The molecule has 68 valence electrons. The van der Waals surface area contributed by atoms with Gasteiger partial charge < -0.3 is 6.58 Å². The van der Waals surface area contributed by atoms with E-state index in [4.69, 9.17) is 16.3 Å². The van der Waals surface area contributed by atoms with Gasteiger partial charge in [-0.3, -0.25) is 6.08 Å². The van der Waals surface area contributed by atoms with Crippen molar-refractivity contribution in [2.24, 2.45) is 0 Å². The fraction of sp³-hybridized carbons (Fsp3) is 0.800. The number of halogens is 1. The Balaban J connectivity index is 0. The van der Waals surface area contributed by atoms with Gasteiger partial charge in [-0.25, -0.2) is 0 Å². The van der Waals surface area contributed by atoms with E-state index in [-0.39, 0.29) is 0 Å². The number of rotatable bonds is 7. The van der Waals surface area contributed by atoms with Gasteiger partial charge in [0.1, 0.15) is 0 Å². The zero-order valence-electron chi connectivity index (χ0n) is 8.19. The Hall–Kier alpha value is 0.653. The van der Waals surface area contributed by atoms with Crippen molar-refractivity contribution in [1.82, 2.24) is 0 Å². The third kappa shape index (κ3) is 16.9. The van der Waals surface area contributed by atoms with E-state index in [9.17, 15) is 0 Å². The second-order valence-electron chi connectivity index (χ2n) is 2.79. The molecule has 0 bridgehead atoms. The Bertz CT molecular complexity index is 74.2. The van der Waals surface area contributed by atoms with E-state index >= 15 is 0 Å². The van der Waals surface area contributed by atoms with Gasteiger partial charge in [0.2, 0.25) is 0 Å². The second-order valence-corrected chi connectivity index (χ2v) is 2.79. The van der Waals surface area contributed by atoms with Crippen LogP contribution in [0.15, 0.2) is 6.08 Å². The molecule has 0 unspecified atom stereocenters. The predicted octanol–water partition coefficient (Wildman–Crippen LogP) is 4.41. The fourth-order valence-corrected chi connectivity index (χ4v) is 1.04. The van der Waals surface area contributed by atoms with Gasteiger partial charge in [0.05, 0.1) is 0 Å². The van der Waals surface area contributed by atoms with Crippen LogP contribution >= 0.6 is 9.69 Å². The van der Waals surface area contributed by atoms with E-state index in [0.717, 1.165) is 23.7 Å². The van der Waals surface area contributed by atoms with Crippen molar-refractivity contribution >= 4 is 9.69 Å². The van der Waals surface area contributed by atoms with Crippen molar-refractivity contribution in [1.29, 1.82) is 0 Å². The fourth-order valence-electron chi connectivity index (χ4n) is 1.04. The molecule has 0 aliphatic carbocycles. The quantitative estimate of drug-likeness (QED) is 0.351. The molecule has 2 heteroatoms. The Morgan fingerprint density at radius 3 is 2.08 bits per heavy atom. The summed E-state index contributed by atoms with van der Waals surface area (Å²) in [4.78, 5) is 0. The normalized spacial score (nSPS) is 8.67. The summed E-state index contributed by atoms with van der Waals surface area (Å²) < 4.78 is 0. The van der Waals surface area contributed by atoms with Gasteiger partial charge in [-0.1, -0.05) is 51.9 Å². The summed E-state index contributed by atoms with van der Waals surface area (Å²) in [5.74, 6) is 0. The summed E-state index contributed by atoms with van der Waals surface area (Å²) >= 11 is 0.847. The Kier molecular flexibility index (Phi) is 22.3. The summed E-state index contributed by atoms with van der Waals surface area (Å²) in [6.07, 6.45) is 11.0. The molecule has 0 aromatic rings. The van der Waals surface area contributed by atoms with Crippen LogP contribution in [0.25, 0.3) is 0 Å². The van der Waals surface area contributed by atoms with Crippen LogP contribution in [0.4, 0.5) is 0 Å². The molecule has 0 aromatic carbocycles. The van der Waals surface area contributed by atoms with Gasteiger partial charge in [-0.05, 0) is 0 Å². The molecular weight excluding hydrogens is 221 g/mol. The first-order chi connectivity index (χ1) is 5.91. The molecule has 0 N–H and O–H groups in total. The van der Waals surface area contributed by atoms with E-state index < -0.39 is 0 Å². The predicted molar refractivity (Wildman–Crippen MR) is 52.7 cm³/mol. The van der Waals surface area contributed by atoms with Crippen LogP contribution in [0, 0.1) is 6.58 Å². The van der Waals surface area contributed by atoms with Crippen molar-refractivity contribution in [3.05, 3.63) is 12.7 Å². The summed E-state index contributed by atoms with van der Waals surface area (Å²) in [6.45, 7) is 7.49. The minimum atomic E-state index is 0.847. The van der Waals surface area contributed by atoms with Crippen molar-refractivity contribution in [2.45, 2.75) is 51.9 Å². The Labute approximate surface area is 91.5 Å². The summed E-state index contributed by atoms with van der Waals surface area (Å²) in [5, 5.41) is 0. The maximum atomic E-state index is 5.24.